The van der Waals surface area contributed by atoms with Crippen molar-refractivity contribution in [2.75, 3.05) is 7.11 Å². The molecule has 11 heteroatoms. The van der Waals surface area contributed by atoms with E-state index in [0.717, 1.165) is 23.9 Å². The van der Waals surface area contributed by atoms with Crippen molar-refractivity contribution in [1.82, 2.24) is 14.8 Å². The maximum absolute atomic E-state index is 13.6. The van der Waals surface area contributed by atoms with Gasteiger partial charge in [-0.2, -0.15) is 18.3 Å². The second-order valence-corrected chi connectivity index (χ2v) is 6.20. The first-order chi connectivity index (χ1) is 14.1. The lowest BCUT2D eigenvalue weighted by Crippen LogP contribution is -2.15. The molecule has 0 saturated heterocycles. The van der Waals surface area contributed by atoms with Crippen LogP contribution in [-0.4, -0.2) is 33.8 Å². The summed E-state index contributed by atoms with van der Waals surface area (Å²) in [5, 5.41) is 3.95. The number of carbonyl (C=O) groups excluding carboxylic acids is 2. The van der Waals surface area contributed by atoms with Crippen LogP contribution in [0.15, 0.2) is 42.6 Å². The number of hydrogen-bond donors (Lipinski definition) is 1. The third-order valence-corrected chi connectivity index (χ3v) is 4.06. The zero-order valence-corrected chi connectivity index (χ0v) is 15.4. The number of hydrogen-bond acceptors (Lipinski definition) is 5. The Bertz CT molecular complexity index is 1130. The summed E-state index contributed by atoms with van der Waals surface area (Å²) in [5.41, 5.74) is 4.03. The number of carbonyl (C=O) groups is 2. The first-order valence-electron chi connectivity index (χ1n) is 8.39. The van der Waals surface area contributed by atoms with E-state index in [1.807, 2.05) is 0 Å². The largest absolute Gasteiger partial charge is 0.464 e. The van der Waals surface area contributed by atoms with Gasteiger partial charge in [0.2, 0.25) is 0 Å². The minimum Gasteiger partial charge on any atom is -0.464 e. The molecule has 1 amide bonds. The summed E-state index contributed by atoms with van der Waals surface area (Å²) in [6.07, 6.45) is -3.59. The van der Waals surface area contributed by atoms with Crippen molar-refractivity contribution in [3.63, 3.8) is 0 Å². The van der Waals surface area contributed by atoms with Crippen molar-refractivity contribution in [2.45, 2.75) is 12.6 Å². The molecule has 0 saturated carbocycles. The molecule has 7 nitrogen and oxygen atoms in total. The highest BCUT2D eigenvalue weighted by Crippen LogP contribution is 2.30. The van der Waals surface area contributed by atoms with Crippen molar-refractivity contribution < 1.29 is 31.9 Å². The van der Waals surface area contributed by atoms with Gasteiger partial charge < -0.3 is 10.5 Å². The summed E-state index contributed by atoms with van der Waals surface area (Å²) in [7, 11) is 1.11. The molecule has 0 bridgehead atoms. The van der Waals surface area contributed by atoms with Gasteiger partial charge >= 0.3 is 12.1 Å². The van der Waals surface area contributed by atoms with Crippen molar-refractivity contribution in [2.24, 2.45) is 5.73 Å². The summed E-state index contributed by atoms with van der Waals surface area (Å²) >= 11 is 0. The van der Waals surface area contributed by atoms with E-state index in [2.05, 4.69) is 14.8 Å². The highest BCUT2D eigenvalue weighted by molar-refractivity contribution is 6.03. The molecule has 0 atom stereocenters. The first kappa shape index (κ1) is 21.0. The van der Waals surface area contributed by atoms with Crippen LogP contribution in [0.5, 0.6) is 0 Å². The normalized spacial score (nSPS) is 11.4. The van der Waals surface area contributed by atoms with Crippen LogP contribution in [-0.2, 0) is 17.3 Å². The van der Waals surface area contributed by atoms with E-state index in [-0.39, 0.29) is 29.1 Å². The number of nitrogens with two attached hydrogens (primary N) is 1. The van der Waals surface area contributed by atoms with Crippen molar-refractivity contribution >= 4 is 11.9 Å². The maximum Gasteiger partial charge on any atom is 0.416 e. The molecule has 0 aliphatic heterocycles. The molecule has 1 aromatic carbocycles. The summed E-state index contributed by atoms with van der Waals surface area (Å²) < 4.78 is 58.0. The molecule has 30 heavy (non-hydrogen) atoms. The number of aromatic nitrogens is 3. The Morgan fingerprint density at radius 1 is 1.20 bits per heavy atom. The number of primary amides is 1. The molecule has 0 radical (unpaired) electrons. The van der Waals surface area contributed by atoms with Gasteiger partial charge in [0.25, 0.3) is 5.91 Å². The second kappa shape index (κ2) is 7.93. The van der Waals surface area contributed by atoms with Gasteiger partial charge in [0.05, 0.1) is 18.2 Å². The molecule has 2 N–H and O–H groups in total. The van der Waals surface area contributed by atoms with Crippen LogP contribution >= 0.6 is 0 Å². The molecule has 0 fully saturated rings. The number of methoxy groups -OCH3 is 1. The molecule has 0 aliphatic carbocycles. The molecular weight excluding hydrogens is 408 g/mol. The maximum atomic E-state index is 13.6. The number of pyridine rings is 1. The van der Waals surface area contributed by atoms with Gasteiger partial charge in [0.15, 0.2) is 11.5 Å². The molecule has 0 spiro atoms. The number of alkyl halides is 3. The van der Waals surface area contributed by atoms with Crippen LogP contribution in [0.3, 0.4) is 0 Å². The minimum atomic E-state index is -4.68. The number of benzene rings is 1. The topological polar surface area (TPSA) is 100 Å². The fourth-order valence-electron chi connectivity index (χ4n) is 2.74. The predicted molar refractivity (Wildman–Crippen MR) is 95.4 cm³/mol. The van der Waals surface area contributed by atoms with Crippen LogP contribution in [0.2, 0.25) is 0 Å². The van der Waals surface area contributed by atoms with Gasteiger partial charge in [-0.05, 0) is 35.9 Å². The highest BCUT2D eigenvalue weighted by atomic mass is 19.4. The molecule has 2 aromatic heterocycles. The lowest BCUT2D eigenvalue weighted by atomic mass is 10.1. The molecular formula is C19H14F4N4O3. The van der Waals surface area contributed by atoms with E-state index in [0.29, 0.717) is 11.8 Å². The fourth-order valence-corrected chi connectivity index (χ4v) is 2.74. The average molecular weight is 422 g/mol. The lowest BCUT2D eigenvalue weighted by Gasteiger charge is -2.10. The number of esters is 1. The molecule has 3 aromatic rings. The fraction of sp³-hybridized carbons (Fsp3) is 0.158. The zero-order chi connectivity index (χ0) is 22.1. The molecule has 0 unspecified atom stereocenters. The Labute approximate surface area is 167 Å². The van der Waals surface area contributed by atoms with E-state index in [1.54, 1.807) is 6.07 Å². The van der Waals surface area contributed by atoms with Gasteiger partial charge in [-0.15, -0.1) is 0 Å². The van der Waals surface area contributed by atoms with Gasteiger partial charge in [0, 0.05) is 18.3 Å². The molecule has 0 aliphatic rings. The van der Waals surface area contributed by atoms with Gasteiger partial charge in [-0.1, -0.05) is 6.07 Å². The Morgan fingerprint density at radius 3 is 2.57 bits per heavy atom. The Balaban J connectivity index is 1.96. The second-order valence-electron chi connectivity index (χ2n) is 6.20. The van der Waals surface area contributed by atoms with E-state index >= 15 is 0 Å². The third-order valence-electron chi connectivity index (χ3n) is 4.06. The summed E-state index contributed by atoms with van der Waals surface area (Å²) in [6.45, 7) is 0. The van der Waals surface area contributed by atoms with Crippen molar-refractivity contribution in [1.29, 1.82) is 0 Å². The minimum absolute atomic E-state index is 0.0699. The number of nitrogens with zero attached hydrogens (tertiary/aromatic N) is 3. The van der Waals surface area contributed by atoms with E-state index < -0.39 is 29.4 Å². The summed E-state index contributed by atoms with van der Waals surface area (Å²) in [5.74, 6) is -2.63. The van der Waals surface area contributed by atoms with E-state index in [9.17, 15) is 27.2 Å². The standard InChI is InChI=1S/C19H14F4N4O3/c1-30-18(29)16-14(17(24)28)9-27(26-16)15-4-2-3-13(25-15)7-10-5-11(19(21,22)23)8-12(20)6-10/h2-6,8-9H,7H2,1H3,(H2,24,28). The quantitative estimate of drug-likeness (QED) is 0.504. The highest BCUT2D eigenvalue weighted by Gasteiger charge is 2.31. The smallest absolute Gasteiger partial charge is 0.416 e. The SMILES string of the molecule is COC(=O)c1nn(-c2cccc(Cc3cc(F)cc(C(F)(F)F)c3)n2)cc1C(N)=O. The monoisotopic (exact) mass is 422 g/mol. The molecule has 156 valence electrons. The molecule has 2 heterocycles. The summed E-state index contributed by atoms with van der Waals surface area (Å²) in [6, 6.07) is 6.81. The summed E-state index contributed by atoms with van der Waals surface area (Å²) in [4.78, 5) is 27.6. The van der Waals surface area contributed by atoms with Crippen LogP contribution in [0.1, 0.15) is 37.7 Å². The van der Waals surface area contributed by atoms with Crippen molar-refractivity contribution in [3.05, 3.63) is 76.5 Å². The van der Waals surface area contributed by atoms with Gasteiger partial charge in [-0.25, -0.2) is 18.9 Å². The third kappa shape index (κ3) is 4.45. The number of rotatable bonds is 5. The van der Waals surface area contributed by atoms with Crippen LogP contribution in [0.4, 0.5) is 17.6 Å². The van der Waals surface area contributed by atoms with Gasteiger partial charge in [0.1, 0.15) is 5.82 Å². The van der Waals surface area contributed by atoms with Crippen LogP contribution in [0.25, 0.3) is 5.82 Å². The van der Waals surface area contributed by atoms with E-state index in [1.165, 1.54) is 18.3 Å². The number of amides is 1. The van der Waals surface area contributed by atoms with E-state index in [4.69, 9.17) is 5.73 Å². The van der Waals surface area contributed by atoms with Crippen LogP contribution in [0, 0.1) is 5.82 Å². The first-order valence-corrected chi connectivity index (χ1v) is 8.39. The average Bonchev–Trinajstić information content (AvgIpc) is 3.12. The van der Waals surface area contributed by atoms with Crippen LogP contribution < -0.4 is 5.73 Å². The Hall–Kier alpha value is -3.76. The molecule has 3 rings (SSSR count). The predicted octanol–water partition coefficient (Wildman–Crippen LogP) is 2.90. The number of ether oxygens (including phenoxy) is 1. The Morgan fingerprint density at radius 2 is 1.93 bits per heavy atom. The van der Waals surface area contributed by atoms with Crippen molar-refractivity contribution in [3.8, 4) is 5.82 Å². The van der Waals surface area contributed by atoms with Gasteiger partial charge in [-0.3, -0.25) is 4.79 Å². The lowest BCUT2D eigenvalue weighted by molar-refractivity contribution is -0.137. The number of halogens is 4. The Kier molecular flexibility index (Phi) is 5.54. The zero-order valence-electron chi connectivity index (χ0n) is 15.4.